The summed E-state index contributed by atoms with van der Waals surface area (Å²) in [7, 11) is 1.37. The second-order valence-electron chi connectivity index (χ2n) is 5.34. The lowest BCUT2D eigenvalue weighted by molar-refractivity contribution is -0.384. The Labute approximate surface area is 163 Å². The van der Waals surface area contributed by atoms with E-state index in [9.17, 15) is 14.9 Å². The van der Waals surface area contributed by atoms with Crippen molar-refractivity contribution in [3.05, 3.63) is 74.2 Å². The van der Waals surface area contributed by atoms with Crippen molar-refractivity contribution in [2.24, 2.45) is 0 Å². The van der Waals surface area contributed by atoms with Crippen molar-refractivity contribution < 1.29 is 19.2 Å². The van der Waals surface area contributed by atoms with Gasteiger partial charge in [0.05, 0.1) is 22.7 Å². The van der Waals surface area contributed by atoms with Gasteiger partial charge in [-0.2, -0.15) is 0 Å². The van der Waals surface area contributed by atoms with Crippen molar-refractivity contribution in [2.75, 3.05) is 7.11 Å². The van der Waals surface area contributed by atoms with Crippen LogP contribution in [0.25, 0.3) is 10.6 Å². The van der Waals surface area contributed by atoms with Gasteiger partial charge >= 0.3 is 5.97 Å². The average molecular weight is 405 g/mol. The molecule has 0 spiro atoms. The number of hydrogen-bond acceptors (Lipinski definition) is 7. The number of benzene rings is 2. The Bertz CT molecular complexity index is 1000. The number of aromatic nitrogens is 1. The van der Waals surface area contributed by atoms with Gasteiger partial charge in [-0.05, 0) is 12.1 Å². The molecule has 138 valence electrons. The highest BCUT2D eigenvalue weighted by molar-refractivity contribution is 7.13. The van der Waals surface area contributed by atoms with Crippen molar-refractivity contribution in [3.63, 3.8) is 0 Å². The molecule has 3 rings (SSSR count). The zero-order valence-corrected chi connectivity index (χ0v) is 15.6. The van der Waals surface area contributed by atoms with Crippen molar-refractivity contribution >= 4 is 34.6 Å². The lowest BCUT2D eigenvalue weighted by Crippen LogP contribution is -2.08. The summed E-state index contributed by atoms with van der Waals surface area (Å²) >= 11 is 7.54. The van der Waals surface area contributed by atoms with Crippen LogP contribution in [0, 0.1) is 10.1 Å². The highest BCUT2D eigenvalue weighted by Crippen LogP contribution is 2.30. The molecule has 0 saturated heterocycles. The van der Waals surface area contributed by atoms with E-state index >= 15 is 0 Å². The van der Waals surface area contributed by atoms with Gasteiger partial charge in [0.15, 0.2) is 0 Å². The Hall–Kier alpha value is -2.97. The summed E-state index contributed by atoms with van der Waals surface area (Å²) in [6.07, 6.45) is 0. The summed E-state index contributed by atoms with van der Waals surface area (Å²) < 4.78 is 10.3. The number of carbonyl (C=O) groups excluding carboxylic acids is 1. The molecular weight excluding hydrogens is 392 g/mol. The molecule has 9 heteroatoms. The number of rotatable bonds is 6. The fourth-order valence-electron chi connectivity index (χ4n) is 2.32. The number of thiazole rings is 1. The number of nitrogens with zero attached hydrogens (tertiary/aromatic N) is 2. The Kier molecular flexibility index (Phi) is 5.68. The first-order valence-corrected chi connectivity index (χ1v) is 8.94. The molecule has 0 atom stereocenters. The van der Waals surface area contributed by atoms with Gasteiger partial charge in [0.2, 0.25) is 0 Å². The normalized spacial score (nSPS) is 10.4. The van der Waals surface area contributed by atoms with Gasteiger partial charge in [-0.3, -0.25) is 10.1 Å². The largest absolute Gasteiger partial charge is 0.496 e. The van der Waals surface area contributed by atoms with Crippen molar-refractivity contribution in [1.82, 2.24) is 4.98 Å². The monoisotopic (exact) mass is 404 g/mol. The molecule has 0 N–H and O–H groups in total. The topological polar surface area (TPSA) is 91.6 Å². The third kappa shape index (κ3) is 4.24. The number of halogens is 1. The van der Waals surface area contributed by atoms with Crippen LogP contribution in [0.3, 0.4) is 0 Å². The van der Waals surface area contributed by atoms with Crippen LogP contribution in [0.4, 0.5) is 5.69 Å². The molecule has 0 radical (unpaired) electrons. The molecule has 0 aliphatic carbocycles. The summed E-state index contributed by atoms with van der Waals surface area (Å²) in [5.74, 6) is -0.538. The van der Waals surface area contributed by atoms with Crippen LogP contribution in [0.2, 0.25) is 5.02 Å². The number of esters is 1. The second-order valence-corrected chi connectivity index (χ2v) is 6.61. The van der Waals surface area contributed by atoms with E-state index in [1.807, 2.05) is 18.2 Å². The second kappa shape index (κ2) is 8.15. The maximum absolute atomic E-state index is 12.3. The van der Waals surface area contributed by atoms with Gasteiger partial charge in [0.25, 0.3) is 5.69 Å². The van der Waals surface area contributed by atoms with E-state index in [4.69, 9.17) is 21.1 Å². The van der Waals surface area contributed by atoms with Crippen LogP contribution in [0.5, 0.6) is 5.75 Å². The Morgan fingerprint density at radius 2 is 2.07 bits per heavy atom. The van der Waals surface area contributed by atoms with E-state index in [0.717, 1.165) is 11.6 Å². The zero-order chi connectivity index (χ0) is 19.4. The maximum Gasteiger partial charge on any atom is 0.342 e. The van der Waals surface area contributed by atoms with Crippen molar-refractivity contribution in [3.8, 4) is 16.3 Å². The molecule has 0 saturated carbocycles. The average Bonchev–Trinajstić information content (AvgIpc) is 3.14. The Morgan fingerprint density at radius 3 is 2.78 bits per heavy atom. The lowest BCUT2D eigenvalue weighted by atomic mass is 10.2. The molecule has 0 bridgehead atoms. The molecule has 0 fully saturated rings. The first-order valence-electron chi connectivity index (χ1n) is 7.68. The van der Waals surface area contributed by atoms with E-state index in [1.165, 1.54) is 30.6 Å². The van der Waals surface area contributed by atoms with Gasteiger partial charge < -0.3 is 9.47 Å². The molecule has 0 aliphatic heterocycles. The third-order valence-electron chi connectivity index (χ3n) is 3.62. The number of hydrogen-bond donors (Lipinski definition) is 0. The van der Waals surface area contributed by atoms with Crippen LogP contribution in [0.15, 0.2) is 47.8 Å². The van der Waals surface area contributed by atoms with Crippen LogP contribution >= 0.6 is 22.9 Å². The molecule has 1 heterocycles. The van der Waals surface area contributed by atoms with Gasteiger partial charge in [0.1, 0.15) is 22.9 Å². The summed E-state index contributed by atoms with van der Waals surface area (Å²) in [5.41, 5.74) is 1.10. The van der Waals surface area contributed by atoms with Crippen molar-refractivity contribution in [2.45, 2.75) is 6.61 Å². The molecule has 3 aromatic rings. The van der Waals surface area contributed by atoms with E-state index < -0.39 is 10.9 Å². The number of nitro benzene ring substituents is 1. The highest BCUT2D eigenvalue weighted by Gasteiger charge is 2.19. The fraction of sp³-hybridized carbons (Fsp3) is 0.111. The van der Waals surface area contributed by atoms with Crippen molar-refractivity contribution in [1.29, 1.82) is 0 Å². The van der Waals surface area contributed by atoms with Crippen LogP contribution in [0.1, 0.15) is 16.1 Å². The minimum Gasteiger partial charge on any atom is -0.496 e. The molecular formula is C18H13ClN2O5S. The summed E-state index contributed by atoms with van der Waals surface area (Å²) in [4.78, 5) is 27.1. The number of methoxy groups -OCH3 is 1. The maximum atomic E-state index is 12.3. The highest BCUT2D eigenvalue weighted by atomic mass is 35.5. The van der Waals surface area contributed by atoms with E-state index in [2.05, 4.69) is 4.98 Å². The van der Waals surface area contributed by atoms with E-state index in [-0.39, 0.29) is 23.6 Å². The molecule has 1 aromatic heterocycles. The Morgan fingerprint density at radius 1 is 1.30 bits per heavy atom. The number of nitro groups is 1. The third-order valence-corrected chi connectivity index (χ3v) is 4.87. The fourth-order valence-corrected chi connectivity index (χ4v) is 3.44. The molecule has 0 amide bonds. The molecule has 7 nitrogen and oxygen atoms in total. The quantitative estimate of drug-likeness (QED) is 0.335. The van der Waals surface area contributed by atoms with Gasteiger partial charge in [-0.15, -0.1) is 11.3 Å². The first-order chi connectivity index (χ1) is 13.0. The minimum atomic E-state index is -0.733. The summed E-state index contributed by atoms with van der Waals surface area (Å²) in [6, 6.07) is 11.0. The molecule has 0 unspecified atom stereocenters. The standard InChI is InChI=1S/C18H13ClN2O5S/c1-25-16-7-6-12(21(23)24)8-14(16)18(22)26-9-11-10-27-17(20-11)13-4-2-3-5-15(13)19/h2-8,10H,9H2,1H3. The van der Waals surface area contributed by atoms with Gasteiger partial charge in [0, 0.05) is 23.1 Å². The van der Waals surface area contributed by atoms with E-state index in [0.29, 0.717) is 15.7 Å². The van der Waals surface area contributed by atoms with Crippen LogP contribution in [-0.4, -0.2) is 23.0 Å². The first kappa shape index (κ1) is 18.8. The van der Waals surface area contributed by atoms with Crippen LogP contribution in [-0.2, 0) is 11.3 Å². The number of carbonyl (C=O) groups is 1. The molecule has 27 heavy (non-hydrogen) atoms. The number of ether oxygens (including phenoxy) is 2. The summed E-state index contributed by atoms with van der Waals surface area (Å²) in [5, 5.41) is 14.0. The zero-order valence-electron chi connectivity index (χ0n) is 14.0. The molecule has 0 aliphatic rings. The smallest absolute Gasteiger partial charge is 0.342 e. The molecule has 2 aromatic carbocycles. The van der Waals surface area contributed by atoms with E-state index in [1.54, 1.807) is 11.4 Å². The predicted molar refractivity (Wildman–Crippen MR) is 101 cm³/mol. The lowest BCUT2D eigenvalue weighted by Gasteiger charge is -2.08. The SMILES string of the molecule is COc1ccc([N+](=O)[O-])cc1C(=O)OCc1csc(-c2ccccc2Cl)n1. The van der Waals surface area contributed by atoms with Gasteiger partial charge in [-0.1, -0.05) is 29.8 Å². The number of non-ortho nitro benzene ring substituents is 1. The Balaban J connectivity index is 1.74. The minimum absolute atomic E-state index is 0.0201. The van der Waals surface area contributed by atoms with Gasteiger partial charge in [-0.25, -0.2) is 9.78 Å². The summed E-state index contributed by atoms with van der Waals surface area (Å²) in [6.45, 7) is -0.0777. The van der Waals surface area contributed by atoms with Crippen LogP contribution < -0.4 is 4.74 Å². The predicted octanol–water partition coefficient (Wildman–Crippen LogP) is 4.74.